The number of rotatable bonds is 6. The van der Waals surface area contributed by atoms with Gasteiger partial charge < -0.3 is 4.74 Å². The second-order valence-corrected chi connectivity index (χ2v) is 9.10. The maximum atomic E-state index is 12.1. The monoisotopic (exact) mass is 414 g/mol. The number of carbonyl (C=O) groups is 1. The molecule has 28 heavy (non-hydrogen) atoms. The Kier molecular flexibility index (Phi) is 6.37. The van der Waals surface area contributed by atoms with E-state index < -0.39 is 0 Å². The lowest BCUT2D eigenvalue weighted by molar-refractivity contribution is -0.118. The summed E-state index contributed by atoms with van der Waals surface area (Å²) in [6.45, 7) is 6.42. The van der Waals surface area contributed by atoms with Gasteiger partial charge in [0.15, 0.2) is 11.7 Å². The van der Waals surface area contributed by atoms with E-state index in [0.29, 0.717) is 15.9 Å². The van der Waals surface area contributed by atoms with E-state index >= 15 is 0 Å². The molecule has 3 aromatic rings. The van der Waals surface area contributed by atoms with Crippen LogP contribution in [0.2, 0.25) is 5.02 Å². The highest BCUT2D eigenvalue weighted by Gasteiger charge is 2.13. The van der Waals surface area contributed by atoms with Gasteiger partial charge in [-0.25, -0.2) is 4.98 Å². The highest BCUT2D eigenvalue weighted by atomic mass is 35.5. The lowest BCUT2D eigenvalue weighted by atomic mass is 9.87. The van der Waals surface area contributed by atoms with Crippen LogP contribution in [0.5, 0.6) is 5.75 Å². The molecule has 0 unspecified atom stereocenters. The third-order valence-electron chi connectivity index (χ3n) is 4.16. The number of hydrogen-bond acceptors (Lipinski definition) is 4. The Balaban J connectivity index is 1.50. The fourth-order valence-corrected chi connectivity index (χ4v) is 3.73. The van der Waals surface area contributed by atoms with Gasteiger partial charge in [-0.2, -0.15) is 0 Å². The number of nitrogens with zero attached hydrogens (tertiary/aromatic N) is 1. The Morgan fingerprint density at radius 2 is 1.93 bits per heavy atom. The fraction of sp³-hybridized carbons (Fsp3) is 0.273. The van der Waals surface area contributed by atoms with Gasteiger partial charge in [0, 0.05) is 22.5 Å². The quantitative estimate of drug-likeness (QED) is 0.562. The Bertz CT molecular complexity index is 946. The Labute approximate surface area is 174 Å². The summed E-state index contributed by atoms with van der Waals surface area (Å²) in [5.74, 6) is 0.437. The van der Waals surface area contributed by atoms with Crippen LogP contribution in [0.25, 0.3) is 0 Å². The van der Waals surface area contributed by atoms with Crippen molar-refractivity contribution in [3.63, 3.8) is 0 Å². The normalized spacial score (nSPS) is 11.3. The molecular formula is C22H23ClN2O2S. The molecule has 1 heterocycles. The zero-order valence-corrected chi connectivity index (χ0v) is 17.7. The first-order valence-electron chi connectivity index (χ1n) is 9.02. The minimum absolute atomic E-state index is 0.0575. The van der Waals surface area contributed by atoms with E-state index in [1.807, 2.05) is 48.5 Å². The van der Waals surface area contributed by atoms with E-state index in [1.165, 1.54) is 16.9 Å². The molecule has 3 rings (SSSR count). The molecule has 1 aromatic heterocycles. The van der Waals surface area contributed by atoms with Crippen LogP contribution in [0.15, 0.2) is 54.7 Å². The van der Waals surface area contributed by atoms with Crippen molar-refractivity contribution in [1.29, 1.82) is 0 Å². The van der Waals surface area contributed by atoms with E-state index in [0.717, 1.165) is 16.9 Å². The second-order valence-electron chi connectivity index (χ2n) is 7.55. The Hall–Kier alpha value is -2.37. The molecule has 6 heteroatoms. The molecule has 1 amide bonds. The van der Waals surface area contributed by atoms with Gasteiger partial charge in [0.05, 0.1) is 0 Å². The van der Waals surface area contributed by atoms with Crippen molar-refractivity contribution < 1.29 is 9.53 Å². The molecule has 2 aromatic carbocycles. The van der Waals surface area contributed by atoms with Crippen molar-refractivity contribution in [2.45, 2.75) is 32.6 Å². The average molecular weight is 415 g/mol. The van der Waals surface area contributed by atoms with Crippen LogP contribution in [0.3, 0.4) is 0 Å². The van der Waals surface area contributed by atoms with Gasteiger partial charge in [-0.1, -0.05) is 56.6 Å². The summed E-state index contributed by atoms with van der Waals surface area (Å²) in [7, 11) is 0. The molecule has 4 nitrogen and oxygen atoms in total. The van der Waals surface area contributed by atoms with Crippen LogP contribution in [-0.4, -0.2) is 17.5 Å². The summed E-state index contributed by atoms with van der Waals surface area (Å²) in [6.07, 6.45) is 2.50. The highest BCUT2D eigenvalue weighted by molar-refractivity contribution is 7.15. The van der Waals surface area contributed by atoms with E-state index in [2.05, 4.69) is 31.1 Å². The van der Waals surface area contributed by atoms with Crippen LogP contribution < -0.4 is 10.1 Å². The summed E-state index contributed by atoms with van der Waals surface area (Å²) >= 11 is 7.46. The number of carbonyl (C=O) groups excluding carboxylic acids is 1. The largest absolute Gasteiger partial charge is 0.484 e. The highest BCUT2D eigenvalue weighted by Crippen LogP contribution is 2.25. The molecule has 0 atom stereocenters. The van der Waals surface area contributed by atoms with E-state index in [9.17, 15) is 4.79 Å². The van der Waals surface area contributed by atoms with Crippen LogP contribution >= 0.6 is 22.9 Å². The molecule has 0 saturated carbocycles. The van der Waals surface area contributed by atoms with Crippen LogP contribution in [0.4, 0.5) is 5.13 Å². The molecule has 1 N–H and O–H groups in total. The van der Waals surface area contributed by atoms with Gasteiger partial charge in [0.1, 0.15) is 5.75 Å². The van der Waals surface area contributed by atoms with Gasteiger partial charge in [0.25, 0.3) is 5.91 Å². The van der Waals surface area contributed by atoms with Crippen molar-refractivity contribution in [3.05, 3.63) is 75.8 Å². The number of ether oxygens (including phenoxy) is 1. The van der Waals surface area contributed by atoms with E-state index in [4.69, 9.17) is 16.3 Å². The third-order valence-corrected chi connectivity index (χ3v) is 5.31. The molecule has 0 aliphatic heterocycles. The Morgan fingerprint density at radius 1 is 1.18 bits per heavy atom. The van der Waals surface area contributed by atoms with Crippen LogP contribution in [-0.2, 0) is 16.6 Å². The van der Waals surface area contributed by atoms with Gasteiger partial charge in [-0.15, -0.1) is 11.3 Å². The molecule has 0 aliphatic rings. The van der Waals surface area contributed by atoms with Gasteiger partial charge in [0.2, 0.25) is 0 Å². The number of amides is 1. The van der Waals surface area contributed by atoms with Gasteiger partial charge >= 0.3 is 0 Å². The lowest BCUT2D eigenvalue weighted by Crippen LogP contribution is -2.20. The van der Waals surface area contributed by atoms with Crippen molar-refractivity contribution in [1.82, 2.24) is 4.98 Å². The third kappa shape index (κ3) is 5.81. The first-order chi connectivity index (χ1) is 13.3. The van der Waals surface area contributed by atoms with Crippen molar-refractivity contribution in [2.24, 2.45) is 0 Å². The number of nitrogens with one attached hydrogen (secondary N) is 1. The minimum atomic E-state index is -0.233. The van der Waals surface area contributed by atoms with Crippen molar-refractivity contribution in [3.8, 4) is 5.75 Å². The number of anilines is 1. The fourth-order valence-electron chi connectivity index (χ4n) is 2.65. The van der Waals surface area contributed by atoms with Gasteiger partial charge in [-0.3, -0.25) is 10.1 Å². The second kappa shape index (κ2) is 8.76. The number of aromatic nitrogens is 1. The average Bonchev–Trinajstić information content (AvgIpc) is 3.06. The maximum absolute atomic E-state index is 12.1. The van der Waals surface area contributed by atoms with Gasteiger partial charge in [-0.05, 0) is 40.8 Å². The number of benzene rings is 2. The van der Waals surface area contributed by atoms with Crippen molar-refractivity contribution in [2.75, 3.05) is 11.9 Å². The molecule has 0 spiro atoms. The summed E-state index contributed by atoms with van der Waals surface area (Å²) in [4.78, 5) is 17.5. The van der Waals surface area contributed by atoms with Crippen LogP contribution in [0, 0.1) is 0 Å². The Morgan fingerprint density at radius 3 is 2.61 bits per heavy atom. The molecule has 0 saturated heterocycles. The molecule has 0 aliphatic carbocycles. The molecule has 146 valence electrons. The smallest absolute Gasteiger partial charge is 0.264 e. The van der Waals surface area contributed by atoms with E-state index in [-0.39, 0.29) is 17.9 Å². The zero-order valence-electron chi connectivity index (χ0n) is 16.2. The number of halogens is 1. The van der Waals surface area contributed by atoms with E-state index in [1.54, 1.807) is 6.20 Å². The summed E-state index contributed by atoms with van der Waals surface area (Å²) in [5, 5.41) is 4.06. The van der Waals surface area contributed by atoms with Crippen LogP contribution in [0.1, 0.15) is 36.8 Å². The molecule has 0 fully saturated rings. The number of thiazole rings is 1. The first kappa shape index (κ1) is 20.4. The number of hydrogen-bond donors (Lipinski definition) is 1. The van der Waals surface area contributed by atoms with Crippen molar-refractivity contribution >= 4 is 34.0 Å². The minimum Gasteiger partial charge on any atom is -0.484 e. The zero-order chi connectivity index (χ0) is 20.1. The lowest BCUT2D eigenvalue weighted by Gasteiger charge is -2.19. The predicted molar refractivity (Wildman–Crippen MR) is 116 cm³/mol. The summed E-state index contributed by atoms with van der Waals surface area (Å²) in [5.41, 5.74) is 2.42. The molecular weight excluding hydrogens is 392 g/mol. The summed E-state index contributed by atoms with van der Waals surface area (Å²) in [6, 6.07) is 15.5. The topological polar surface area (TPSA) is 51.2 Å². The predicted octanol–water partition coefficient (Wildman–Crippen LogP) is 5.70. The molecule has 0 bridgehead atoms. The SMILES string of the molecule is CC(C)(C)c1ccc(OCC(=O)Nc2ncc(Cc3cccc(Cl)c3)s2)cc1. The first-order valence-corrected chi connectivity index (χ1v) is 10.2. The summed E-state index contributed by atoms with van der Waals surface area (Å²) < 4.78 is 5.57. The standard InChI is InChI=1S/C22H23ClN2O2S/c1-22(2,3)16-7-9-18(10-8-16)27-14-20(26)25-21-24-13-19(28-21)12-15-5-4-6-17(23)11-15/h4-11,13H,12,14H2,1-3H3,(H,24,25,26). The molecule has 0 radical (unpaired) electrons. The maximum Gasteiger partial charge on any atom is 0.264 e.